The van der Waals surface area contributed by atoms with Crippen molar-refractivity contribution in [3.05, 3.63) is 67.3 Å². The van der Waals surface area contributed by atoms with Crippen LogP contribution in [0.5, 0.6) is 11.5 Å². The monoisotopic (exact) mass is 785 g/mol. The summed E-state index contributed by atoms with van der Waals surface area (Å²) in [4.78, 5) is 64.6. The highest BCUT2D eigenvalue weighted by Crippen LogP contribution is 2.46. The maximum absolute atomic E-state index is 14.8. The fourth-order valence-corrected chi connectivity index (χ4v) is 9.33. The molecular weight excluding hydrogens is 735 g/mol. The van der Waals surface area contributed by atoms with Crippen molar-refractivity contribution in [2.75, 3.05) is 26.7 Å². The number of hydrogen-bond donors (Lipinski definition) is 2. The number of rotatable bonds is 13. The number of likely N-dealkylation sites (tertiary alicyclic amines) is 2. The third-order valence-electron chi connectivity index (χ3n) is 11.6. The molecule has 3 heterocycles. The van der Waals surface area contributed by atoms with Crippen molar-refractivity contribution in [3.8, 4) is 22.8 Å². The van der Waals surface area contributed by atoms with Gasteiger partial charge >= 0.3 is 0 Å². The summed E-state index contributed by atoms with van der Waals surface area (Å²) >= 11 is 0. The maximum atomic E-state index is 14.8. The minimum atomic E-state index is -3.89. The van der Waals surface area contributed by atoms with Crippen LogP contribution in [-0.4, -0.2) is 96.5 Å². The molecule has 4 aliphatic rings. The zero-order valence-corrected chi connectivity index (χ0v) is 33.3. The van der Waals surface area contributed by atoms with Crippen LogP contribution in [0.4, 0.5) is 0 Å². The molecule has 4 fully saturated rings. The molecule has 1 unspecified atom stereocenters. The molecule has 13 nitrogen and oxygen atoms in total. The Morgan fingerprint density at radius 1 is 1.05 bits per heavy atom. The molecule has 298 valence electrons. The molecule has 0 spiro atoms. The second-order valence-corrected chi connectivity index (χ2v) is 18.6. The van der Waals surface area contributed by atoms with E-state index in [-0.39, 0.29) is 37.6 Å². The van der Waals surface area contributed by atoms with E-state index >= 15 is 0 Å². The second-order valence-electron chi connectivity index (χ2n) is 16.6. The van der Waals surface area contributed by atoms with Crippen molar-refractivity contribution >= 4 is 44.6 Å². The SMILES string of the molecule is C=C[C@@H]1C[C@]1(NC(=O)[C@@H]1C[C@@H](Oc2cc(-c3ccccc3)nc3cc(OC)ccc23)CN1C(=O)C(CC(=O)N1CCCC1)C(C)(C)C)C(=O)NS(=O)(=O)C1CC1. The molecule has 2 N–H and O–H groups in total. The summed E-state index contributed by atoms with van der Waals surface area (Å²) in [5, 5.41) is 2.94. The molecule has 14 heteroatoms. The van der Waals surface area contributed by atoms with Crippen LogP contribution in [0.2, 0.25) is 0 Å². The summed E-state index contributed by atoms with van der Waals surface area (Å²) in [6.45, 7) is 10.9. The van der Waals surface area contributed by atoms with E-state index in [9.17, 15) is 27.6 Å². The van der Waals surface area contributed by atoms with Gasteiger partial charge in [-0.2, -0.15) is 0 Å². The van der Waals surface area contributed by atoms with Crippen LogP contribution in [0.25, 0.3) is 22.2 Å². The highest BCUT2D eigenvalue weighted by molar-refractivity contribution is 7.91. The number of sulfonamides is 1. The number of nitrogens with one attached hydrogen (secondary N) is 2. The van der Waals surface area contributed by atoms with Crippen LogP contribution < -0.4 is 19.5 Å². The number of pyridine rings is 1. The van der Waals surface area contributed by atoms with Gasteiger partial charge in [-0.05, 0) is 49.7 Å². The van der Waals surface area contributed by atoms with Crippen molar-refractivity contribution in [2.45, 2.75) is 88.7 Å². The van der Waals surface area contributed by atoms with E-state index in [2.05, 4.69) is 16.6 Å². The third kappa shape index (κ3) is 7.98. The molecule has 2 aliphatic heterocycles. The summed E-state index contributed by atoms with van der Waals surface area (Å²) in [6, 6.07) is 15.9. The largest absolute Gasteiger partial charge is 0.497 e. The van der Waals surface area contributed by atoms with Gasteiger partial charge in [0.2, 0.25) is 27.7 Å². The highest BCUT2D eigenvalue weighted by atomic mass is 32.2. The molecule has 56 heavy (non-hydrogen) atoms. The Labute approximate surface area is 328 Å². The molecule has 2 saturated heterocycles. The summed E-state index contributed by atoms with van der Waals surface area (Å²) in [5.74, 6) is -2.04. The quantitative estimate of drug-likeness (QED) is 0.236. The number of hydrogen-bond acceptors (Lipinski definition) is 9. The number of benzene rings is 2. The van der Waals surface area contributed by atoms with Gasteiger partial charge < -0.3 is 24.6 Å². The normalized spacial score (nSPS) is 24.0. The van der Waals surface area contributed by atoms with Crippen LogP contribution in [-0.2, 0) is 29.2 Å². The van der Waals surface area contributed by atoms with Crippen molar-refractivity contribution < 1.29 is 37.1 Å². The van der Waals surface area contributed by atoms with E-state index in [1.165, 1.54) is 11.0 Å². The molecule has 0 bridgehead atoms. The van der Waals surface area contributed by atoms with E-state index < -0.39 is 62.0 Å². The van der Waals surface area contributed by atoms with E-state index in [0.29, 0.717) is 54.0 Å². The average molecular weight is 786 g/mol. The van der Waals surface area contributed by atoms with Crippen LogP contribution in [0.1, 0.15) is 65.7 Å². The lowest BCUT2D eigenvalue weighted by Gasteiger charge is -2.35. The number of ether oxygens (including phenoxy) is 2. The van der Waals surface area contributed by atoms with Crippen LogP contribution in [0, 0.1) is 17.3 Å². The predicted molar refractivity (Wildman–Crippen MR) is 211 cm³/mol. The highest BCUT2D eigenvalue weighted by Gasteiger charge is 2.62. The molecule has 0 radical (unpaired) electrons. The number of aromatic nitrogens is 1. The summed E-state index contributed by atoms with van der Waals surface area (Å²) in [5.41, 5.74) is -0.0125. The molecule has 1 aromatic heterocycles. The van der Waals surface area contributed by atoms with E-state index in [4.69, 9.17) is 14.5 Å². The minimum Gasteiger partial charge on any atom is -0.497 e. The van der Waals surface area contributed by atoms with Gasteiger partial charge in [0.15, 0.2) is 0 Å². The Kier molecular flexibility index (Phi) is 10.6. The second kappa shape index (κ2) is 15.2. The molecular formula is C42H51N5O8S. The van der Waals surface area contributed by atoms with Gasteiger partial charge in [-0.3, -0.25) is 23.9 Å². The van der Waals surface area contributed by atoms with E-state index in [0.717, 1.165) is 18.4 Å². The fraction of sp³-hybridized carbons (Fsp3) is 0.500. The maximum Gasteiger partial charge on any atom is 0.259 e. The van der Waals surface area contributed by atoms with Crippen molar-refractivity contribution in [1.29, 1.82) is 0 Å². The molecule has 2 aliphatic carbocycles. The number of carbonyl (C=O) groups is 4. The first-order valence-electron chi connectivity index (χ1n) is 19.4. The molecule has 4 amide bonds. The summed E-state index contributed by atoms with van der Waals surface area (Å²) in [6.07, 6.45) is 3.85. The van der Waals surface area contributed by atoms with Gasteiger partial charge in [0.05, 0.1) is 36.0 Å². The molecule has 3 aromatic rings. The Morgan fingerprint density at radius 3 is 2.39 bits per heavy atom. The lowest BCUT2D eigenvalue weighted by atomic mass is 9.77. The van der Waals surface area contributed by atoms with Crippen molar-refractivity contribution in [3.63, 3.8) is 0 Å². The average Bonchev–Trinajstić information content (AvgIpc) is 4.04. The van der Waals surface area contributed by atoms with Gasteiger partial charge in [0.25, 0.3) is 5.91 Å². The molecule has 2 saturated carbocycles. The Balaban J connectivity index is 1.21. The first-order valence-corrected chi connectivity index (χ1v) is 21.0. The number of carbonyl (C=O) groups excluding carboxylic acids is 4. The fourth-order valence-electron chi connectivity index (χ4n) is 7.97. The Hall–Kier alpha value is -4.98. The summed E-state index contributed by atoms with van der Waals surface area (Å²) in [7, 11) is -2.31. The molecule has 2 aromatic carbocycles. The van der Waals surface area contributed by atoms with Crippen LogP contribution in [0.15, 0.2) is 67.3 Å². The zero-order valence-electron chi connectivity index (χ0n) is 32.5. The van der Waals surface area contributed by atoms with Crippen LogP contribution >= 0.6 is 0 Å². The molecule has 7 rings (SSSR count). The van der Waals surface area contributed by atoms with Gasteiger partial charge in [-0.25, -0.2) is 13.4 Å². The van der Waals surface area contributed by atoms with Gasteiger partial charge in [0, 0.05) is 54.9 Å². The lowest BCUT2D eigenvalue weighted by Crippen LogP contribution is -2.57. The molecule has 5 atom stereocenters. The number of amides is 4. The Bertz CT molecular complexity index is 2140. The van der Waals surface area contributed by atoms with Gasteiger partial charge in [0.1, 0.15) is 29.2 Å². The lowest BCUT2D eigenvalue weighted by molar-refractivity contribution is -0.148. The van der Waals surface area contributed by atoms with Crippen LogP contribution in [0.3, 0.4) is 0 Å². The number of fused-ring (bicyclic) bond motifs is 1. The Morgan fingerprint density at radius 2 is 1.77 bits per heavy atom. The standard InChI is InChI=1S/C42H51N5O8S/c1-6-27-24-42(27,40(51)45-56(52,53)30-15-16-30)44-38(49)35-21-29(25-47(35)39(50)32(41(2,3)4)22-37(48)46-18-10-11-19-46)55-36-23-33(26-12-8-7-9-13-26)43-34-20-28(54-5)14-17-31(34)36/h6-9,12-14,17,20,23,27,29-30,32,35H,1,10-11,15-16,18-19,21-22,24-25H2,2-5H3,(H,44,49)(H,45,51)/t27-,29-,32?,35+,42-/m1/s1. The first-order chi connectivity index (χ1) is 26.6. The topological polar surface area (TPSA) is 164 Å². The summed E-state index contributed by atoms with van der Waals surface area (Å²) < 4.78 is 40.0. The third-order valence-corrected chi connectivity index (χ3v) is 13.4. The first kappa shape index (κ1) is 39.3. The van der Waals surface area contributed by atoms with Gasteiger partial charge in [-0.15, -0.1) is 6.58 Å². The van der Waals surface area contributed by atoms with Gasteiger partial charge in [-0.1, -0.05) is 57.2 Å². The van der Waals surface area contributed by atoms with Crippen molar-refractivity contribution in [2.24, 2.45) is 17.3 Å². The van der Waals surface area contributed by atoms with E-state index in [1.54, 1.807) is 12.0 Å². The predicted octanol–water partition coefficient (Wildman–Crippen LogP) is 4.60. The van der Waals surface area contributed by atoms with Crippen molar-refractivity contribution in [1.82, 2.24) is 24.8 Å². The smallest absolute Gasteiger partial charge is 0.259 e. The number of methoxy groups -OCH3 is 1. The van der Waals surface area contributed by atoms with E-state index in [1.807, 2.05) is 75.4 Å². The zero-order chi connectivity index (χ0) is 40.0. The minimum absolute atomic E-state index is 0.0140. The number of nitrogens with zero attached hydrogens (tertiary/aromatic N) is 3.